The van der Waals surface area contributed by atoms with E-state index in [2.05, 4.69) is 15.5 Å². The summed E-state index contributed by atoms with van der Waals surface area (Å²) in [6, 6.07) is 6.00. The quantitative estimate of drug-likeness (QED) is 0.468. The molecule has 7 nitrogen and oxygen atoms in total. The maximum Gasteiger partial charge on any atom is 0.419 e. The number of anilines is 1. The minimum Gasteiger partial charge on any atom is -0.508 e. The SMILES string of the molecule is C[C@@H](Nc1cnnc2ccc(C3=CCN(C(=O)C4COC4)CC3)cc12)c1cc(O)cc(C(F)(F)F)c1F. The Labute approximate surface area is 209 Å². The number of phenolic OH excluding ortho intramolecular Hbond substituents is 1. The van der Waals surface area contributed by atoms with Crippen LogP contribution < -0.4 is 5.32 Å². The number of hydrogen-bond acceptors (Lipinski definition) is 6. The summed E-state index contributed by atoms with van der Waals surface area (Å²) in [5.41, 5.74) is 1.11. The van der Waals surface area contributed by atoms with E-state index < -0.39 is 29.3 Å². The molecule has 3 aromatic rings. The Morgan fingerprint density at radius 1 is 1.24 bits per heavy atom. The zero-order valence-corrected chi connectivity index (χ0v) is 19.8. The fourth-order valence-electron chi connectivity index (χ4n) is 4.60. The van der Waals surface area contributed by atoms with E-state index >= 15 is 0 Å². The number of rotatable bonds is 5. The smallest absolute Gasteiger partial charge is 0.419 e. The van der Waals surface area contributed by atoms with E-state index in [0.717, 1.165) is 17.2 Å². The lowest BCUT2D eigenvalue weighted by molar-refractivity contribution is -0.149. The molecule has 0 saturated carbocycles. The molecular weight excluding hydrogens is 492 g/mol. The molecule has 0 aliphatic carbocycles. The highest BCUT2D eigenvalue weighted by molar-refractivity contribution is 5.93. The predicted molar refractivity (Wildman–Crippen MR) is 128 cm³/mol. The predicted octanol–water partition coefficient (Wildman–Crippen LogP) is 4.93. The number of hydrogen-bond donors (Lipinski definition) is 2. The number of nitrogens with one attached hydrogen (secondary N) is 1. The highest BCUT2D eigenvalue weighted by Crippen LogP contribution is 2.38. The topological polar surface area (TPSA) is 87.6 Å². The summed E-state index contributed by atoms with van der Waals surface area (Å²) in [7, 11) is 0. The van der Waals surface area contributed by atoms with E-state index in [1.54, 1.807) is 6.07 Å². The van der Waals surface area contributed by atoms with E-state index in [1.807, 2.05) is 23.1 Å². The van der Waals surface area contributed by atoms with Crippen LogP contribution >= 0.6 is 0 Å². The first-order valence-electron chi connectivity index (χ1n) is 11.8. The molecule has 1 amide bonds. The molecule has 1 aromatic heterocycles. The molecule has 194 valence electrons. The Hall–Kier alpha value is -3.73. The van der Waals surface area contributed by atoms with Crippen LogP contribution in [0.2, 0.25) is 0 Å². The molecule has 1 saturated heterocycles. The summed E-state index contributed by atoms with van der Waals surface area (Å²) in [6.07, 6.45) is -0.856. The van der Waals surface area contributed by atoms with Crippen LogP contribution in [0.3, 0.4) is 0 Å². The van der Waals surface area contributed by atoms with Crippen molar-refractivity contribution in [2.24, 2.45) is 5.92 Å². The summed E-state index contributed by atoms with van der Waals surface area (Å²) in [6.45, 7) is 3.52. The third-order valence-corrected chi connectivity index (χ3v) is 6.75. The summed E-state index contributed by atoms with van der Waals surface area (Å²) in [5, 5.41) is 21.5. The van der Waals surface area contributed by atoms with E-state index in [1.165, 1.54) is 13.1 Å². The minimum absolute atomic E-state index is 0.0617. The zero-order valence-electron chi connectivity index (χ0n) is 19.8. The highest BCUT2D eigenvalue weighted by Gasteiger charge is 2.36. The molecule has 2 aromatic carbocycles. The van der Waals surface area contributed by atoms with Gasteiger partial charge >= 0.3 is 6.18 Å². The number of phenols is 1. The first kappa shape index (κ1) is 24.9. The van der Waals surface area contributed by atoms with Crippen molar-refractivity contribution in [3.8, 4) is 5.75 Å². The third kappa shape index (κ3) is 4.95. The number of aromatic hydroxyl groups is 1. The standard InChI is InChI=1S/C26H24F4N4O3/c1-14(19-9-18(35)10-21(24(19)27)26(28,29)30)32-23-11-31-33-22-3-2-16(8-20(22)23)15-4-6-34(7-5-15)25(36)17-12-37-13-17/h2-4,8-11,14,17,35H,5-7,12-13H2,1H3,(H,32,33)/t14-/m1/s1. The van der Waals surface area contributed by atoms with Gasteiger partial charge in [-0.05, 0) is 48.7 Å². The van der Waals surface area contributed by atoms with Crippen LogP contribution in [0.5, 0.6) is 5.75 Å². The monoisotopic (exact) mass is 516 g/mol. The Balaban J connectivity index is 1.41. The number of aromatic nitrogens is 2. The number of amides is 1. The van der Waals surface area contributed by atoms with E-state index in [-0.39, 0.29) is 17.4 Å². The van der Waals surface area contributed by atoms with Crippen LogP contribution in [0.25, 0.3) is 16.5 Å². The van der Waals surface area contributed by atoms with E-state index in [0.29, 0.717) is 55.4 Å². The van der Waals surface area contributed by atoms with Gasteiger partial charge in [-0.25, -0.2) is 4.39 Å². The van der Waals surface area contributed by atoms with Crippen LogP contribution in [-0.4, -0.2) is 52.4 Å². The molecule has 3 heterocycles. The molecule has 37 heavy (non-hydrogen) atoms. The highest BCUT2D eigenvalue weighted by atomic mass is 19.4. The van der Waals surface area contributed by atoms with Crippen LogP contribution in [-0.2, 0) is 15.7 Å². The van der Waals surface area contributed by atoms with Crippen molar-refractivity contribution in [1.82, 2.24) is 15.1 Å². The first-order valence-corrected chi connectivity index (χ1v) is 11.8. The van der Waals surface area contributed by atoms with Crippen molar-refractivity contribution in [1.29, 1.82) is 0 Å². The first-order chi connectivity index (χ1) is 17.6. The average Bonchev–Trinajstić information content (AvgIpc) is 2.83. The number of carbonyl (C=O) groups is 1. The second-order valence-corrected chi connectivity index (χ2v) is 9.25. The van der Waals surface area contributed by atoms with Gasteiger partial charge in [-0.15, -0.1) is 0 Å². The molecule has 1 fully saturated rings. The number of fused-ring (bicyclic) bond motifs is 1. The molecule has 0 unspecified atom stereocenters. The van der Waals surface area contributed by atoms with Crippen LogP contribution in [0.4, 0.5) is 23.2 Å². The number of carbonyl (C=O) groups excluding carboxylic acids is 1. The van der Waals surface area contributed by atoms with Gasteiger partial charge in [-0.2, -0.15) is 23.4 Å². The van der Waals surface area contributed by atoms with Gasteiger partial charge in [0.05, 0.1) is 48.1 Å². The largest absolute Gasteiger partial charge is 0.508 e. The fraction of sp³-hybridized carbons (Fsp3) is 0.346. The maximum atomic E-state index is 14.7. The molecule has 0 spiro atoms. The summed E-state index contributed by atoms with van der Waals surface area (Å²) in [4.78, 5) is 14.3. The van der Waals surface area contributed by atoms with Gasteiger partial charge in [-0.1, -0.05) is 12.1 Å². The molecule has 0 radical (unpaired) electrons. The van der Waals surface area contributed by atoms with Crippen molar-refractivity contribution in [3.05, 3.63) is 65.1 Å². The average molecular weight is 516 g/mol. The van der Waals surface area contributed by atoms with Crippen LogP contribution in [0.1, 0.15) is 36.1 Å². The lowest BCUT2D eigenvalue weighted by Crippen LogP contribution is -2.46. The minimum atomic E-state index is -4.95. The number of ether oxygens (including phenoxy) is 1. The number of alkyl halides is 3. The lowest BCUT2D eigenvalue weighted by Gasteiger charge is -2.33. The van der Waals surface area contributed by atoms with Crippen molar-refractivity contribution in [2.75, 3.05) is 31.6 Å². The maximum absolute atomic E-state index is 14.7. The summed E-state index contributed by atoms with van der Waals surface area (Å²) in [5.74, 6) is -2.09. The van der Waals surface area contributed by atoms with E-state index in [4.69, 9.17) is 4.74 Å². The van der Waals surface area contributed by atoms with Crippen molar-refractivity contribution < 1.29 is 32.2 Å². The molecule has 2 N–H and O–H groups in total. The normalized spacial score (nSPS) is 17.3. The molecule has 1 atom stereocenters. The number of halogens is 4. The third-order valence-electron chi connectivity index (χ3n) is 6.75. The van der Waals surface area contributed by atoms with Gasteiger partial charge in [0, 0.05) is 24.0 Å². The number of benzene rings is 2. The van der Waals surface area contributed by atoms with Gasteiger partial charge in [0.2, 0.25) is 5.91 Å². The summed E-state index contributed by atoms with van der Waals surface area (Å²) >= 11 is 0. The zero-order chi connectivity index (χ0) is 26.3. The Morgan fingerprint density at radius 2 is 2.03 bits per heavy atom. The van der Waals surface area contributed by atoms with Gasteiger partial charge in [-0.3, -0.25) is 4.79 Å². The van der Waals surface area contributed by atoms with Crippen molar-refractivity contribution in [3.63, 3.8) is 0 Å². The molecule has 5 rings (SSSR count). The second kappa shape index (κ2) is 9.62. The molecular formula is C26H24F4N4O3. The Morgan fingerprint density at radius 3 is 2.68 bits per heavy atom. The van der Waals surface area contributed by atoms with Gasteiger partial charge in [0.15, 0.2) is 0 Å². The van der Waals surface area contributed by atoms with Gasteiger partial charge < -0.3 is 20.1 Å². The van der Waals surface area contributed by atoms with Crippen LogP contribution in [0.15, 0.2) is 42.6 Å². The molecule has 11 heteroatoms. The van der Waals surface area contributed by atoms with Crippen molar-refractivity contribution >= 4 is 28.1 Å². The molecule has 2 aliphatic heterocycles. The van der Waals surface area contributed by atoms with Crippen LogP contribution in [0, 0.1) is 11.7 Å². The van der Waals surface area contributed by atoms with E-state index in [9.17, 15) is 27.5 Å². The Kier molecular flexibility index (Phi) is 6.49. The molecule has 2 aliphatic rings. The second-order valence-electron chi connectivity index (χ2n) is 9.25. The fourth-order valence-corrected chi connectivity index (χ4v) is 4.60. The molecule has 0 bridgehead atoms. The lowest BCUT2D eigenvalue weighted by atomic mass is 9.96. The Bertz CT molecular complexity index is 1390. The van der Waals surface area contributed by atoms with Gasteiger partial charge in [0.25, 0.3) is 0 Å². The van der Waals surface area contributed by atoms with Crippen molar-refractivity contribution in [2.45, 2.75) is 25.6 Å². The summed E-state index contributed by atoms with van der Waals surface area (Å²) < 4.78 is 59.6. The number of nitrogens with zero attached hydrogens (tertiary/aromatic N) is 3. The van der Waals surface area contributed by atoms with Gasteiger partial charge in [0.1, 0.15) is 11.6 Å².